The molecule has 0 aromatic carbocycles. The van der Waals surface area contributed by atoms with Gasteiger partial charge in [0.2, 0.25) is 5.91 Å². The average Bonchev–Trinajstić information content (AvgIpc) is 2.23. The van der Waals surface area contributed by atoms with Gasteiger partial charge in [-0.2, -0.15) is 0 Å². The molecule has 1 heterocycles. The minimum absolute atomic E-state index is 0.256. The second-order valence-corrected chi connectivity index (χ2v) is 2.53. The van der Waals surface area contributed by atoms with Crippen LogP contribution in [0.4, 0.5) is 0 Å². The zero-order valence-electron chi connectivity index (χ0n) is 4.61. The maximum Gasteiger partial charge on any atom is 0.223 e. The maximum atomic E-state index is 10.7. The lowest BCUT2D eigenvalue weighted by molar-refractivity contribution is -0.123. The van der Waals surface area contributed by atoms with Crippen LogP contribution in [0.25, 0.3) is 0 Å². The number of fused-ring (bicyclic) bond motifs is 2. The molecule has 0 aromatic heterocycles. The smallest absolute Gasteiger partial charge is 0.223 e. The lowest BCUT2D eigenvalue weighted by Gasteiger charge is -2.07. The first-order chi connectivity index (χ1) is 3.86. The van der Waals surface area contributed by atoms with Gasteiger partial charge in [-0.15, -0.1) is 0 Å². The van der Waals surface area contributed by atoms with Gasteiger partial charge < -0.3 is 5.32 Å². The molecule has 2 aliphatic rings. The summed E-state index contributed by atoms with van der Waals surface area (Å²) in [5, 5.41) is 2.83. The van der Waals surface area contributed by atoms with Gasteiger partial charge in [0, 0.05) is 5.92 Å². The van der Waals surface area contributed by atoms with Gasteiger partial charge in [-0.25, -0.2) is 0 Å². The molecule has 1 aliphatic carbocycles. The molecule has 0 aromatic rings. The van der Waals surface area contributed by atoms with Crippen LogP contribution in [0.5, 0.6) is 0 Å². The summed E-state index contributed by atoms with van der Waals surface area (Å²) in [7, 11) is 0. The molecule has 1 N–H and O–H groups in total. The Kier molecular flexibility index (Phi) is 0.678. The first-order valence-corrected chi connectivity index (χ1v) is 3.02. The third-order valence-corrected chi connectivity index (χ3v) is 1.96. The lowest BCUT2D eigenvalue weighted by Crippen LogP contribution is -2.25. The molecule has 8 heavy (non-hydrogen) atoms. The third kappa shape index (κ3) is 0.403. The van der Waals surface area contributed by atoms with E-state index in [1.165, 1.54) is 6.04 Å². The standard InChI is InChI=1S/C6H8NO/c8-6-4-1-2-5(3-4)7-6/h4H,1-3H2,(H,7,8). The van der Waals surface area contributed by atoms with Crippen molar-refractivity contribution in [2.24, 2.45) is 5.92 Å². The Morgan fingerprint density at radius 3 is 2.75 bits per heavy atom. The highest BCUT2D eigenvalue weighted by Crippen LogP contribution is 2.36. The molecule has 1 saturated heterocycles. The van der Waals surface area contributed by atoms with Crippen molar-refractivity contribution in [2.75, 3.05) is 0 Å². The van der Waals surface area contributed by atoms with Gasteiger partial charge in [-0.3, -0.25) is 4.79 Å². The number of carbonyl (C=O) groups excluding carboxylic acids is 1. The molecule has 2 nitrogen and oxygen atoms in total. The molecule has 1 atom stereocenters. The first-order valence-electron chi connectivity index (χ1n) is 3.02. The van der Waals surface area contributed by atoms with Crippen LogP contribution in [-0.2, 0) is 4.79 Å². The van der Waals surface area contributed by atoms with E-state index in [0.29, 0.717) is 5.92 Å². The Morgan fingerprint density at radius 1 is 1.62 bits per heavy atom. The minimum atomic E-state index is 0.256. The van der Waals surface area contributed by atoms with E-state index in [1.54, 1.807) is 0 Å². The highest BCUT2D eigenvalue weighted by atomic mass is 16.2. The Bertz CT molecular complexity index is 132. The summed E-state index contributed by atoms with van der Waals surface area (Å²) in [5.41, 5.74) is 0. The van der Waals surface area contributed by atoms with Crippen LogP contribution in [0.3, 0.4) is 0 Å². The predicted molar refractivity (Wildman–Crippen MR) is 28.7 cm³/mol. The van der Waals surface area contributed by atoms with E-state index in [-0.39, 0.29) is 5.91 Å². The number of piperidine rings is 1. The van der Waals surface area contributed by atoms with Crippen LogP contribution >= 0.6 is 0 Å². The van der Waals surface area contributed by atoms with Crippen molar-refractivity contribution in [2.45, 2.75) is 19.3 Å². The van der Waals surface area contributed by atoms with Gasteiger partial charge in [0.15, 0.2) is 0 Å². The van der Waals surface area contributed by atoms with Gasteiger partial charge >= 0.3 is 0 Å². The van der Waals surface area contributed by atoms with Crippen molar-refractivity contribution in [3.63, 3.8) is 0 Å². The van der Waals surface area contributed by atoms with Crippen LogP contribution in [0, 0.1) is 12.0 Å². The van der Waals surface area contributed by atoms with Gasteiger partial charge in [-0.1, -0.05) is 0 Å². The largest absolute Gasteiger partial charge is 0.348 e. The van der Waals surface area contributed by atoms with Crippen molar-refractivity contribution in [3.8, 4) is 0 Å². The van der Waals surface area contributed by atoms with E-state index in [1.807, 2.05) is 0 Å². The highest BCUT2D eigenvalue weighted by molar-refractivity contribution is 5.84. The van der Waals surface area contributed by atoms with E-state index in [4.69, 9.17) is 0 Å². The monoisotopic (exact) mass is 110 g/mol. The molecule has 2 fully saturated rings. The van der Waals surface area contributed by atoms with Crippen LogP contribution in [0.2, 0.25) is 0 Å². The Labute approximate surface area is 48.3 Å². The molecule has 1 aliphatic heterocycles. The number of rotatable bonds is 0. The fourth-order valence-electron chi connectivity index (χ4n) is 1.46. The van der Waals surface area contributed by atoms with Crippen LogP contribution in [0.15, 0.2) is 0 Å². The number of hydrogen-bond acceptors (Lipinski definition) is 1. The number of nitrogens with one attached hydrogen (secondary N) is 1. The summed E-state index contributed by atoms with van der Waals surface area (Å²) in [6.07, 6.45) is 3.26. The highest BCUT2D eigenvalue weighted by Gasteiger charge is 2.38. The van der Waals surface area contributed by atoms with E-state index in [0.717, 1.165) is 19.3 Å². The summed E-state index contributed by atoms with van der Waals surface area (Å²) in [4.78, 5) is 10.7. The Hall–Kier alpha value is -0.530. The summed E-state index contributed by atoms with van der Waals surface area (Å²) in [5.74, 6) is 0.608. The first kappa shape index (κ1) is 4.36. The van der Waals surface area contributed by atoms with Gasteiger partial charge in [0.1, 0.15) is 0 Å². The summed E-state index contributed by atoms with van der Waals surface area (Å²) in [6, 6.07) is 1.26. The van der Waals surface area contributed by atoms with Crippen molar-refractivity contribution in [1.82, 2.24) is 5.32 Å². The summed E-state index contributed by atoms with van der Waals surface area (Å²) >= 11 is 0. The van der Waals surface area contributed by atoms with Crippen molar-refractivity contribution < 1.29 is 4.79 Å². The number of carbonyl (C=O) groups is 1. The molecular formula is C6H8NO. The van der Waals surface area contributed by atoms with Gasteiger partial charge in [-0.05, 0) is 19.3 Å². The summed E-state index contributed by atoms with van der Waals surface area (Å²) < 4.78 is 0. The van der Waals surface area contributed by atoms with Crippen LogP contribution in [-0.4, -0.2) is 5.91 Å². The zero-order valence-corrected chi connectivity index (χ0v) is 4.61. The lowest BCUT2D eigenvalue weighted by atomic mass is 10.1. The van der Waals surface area contributed by atoms with E-state index in [9.17, 15) is 4.79 Å². The predicted octanol–water partition coefficient (Wildman–Crippen LogP) is 0.448. The quantitative estimate of drug-likeness (QED) is 0.482. The van der Waals surface area contributed by atoms with Gasteiger partial charge in [0.25, 0.3) is 0 Å². The molecule has 2 rings (SSSR count). The second kappa shape index (κ2) is 1.24. The molecule has 0 spiro atoms. The van der Waals surface area contributed by atoms with Crippen molar-refractivity contribution in [3.05, 3.63) is 6.04 Å². The molecule has 1 unspecified atom stereocenters. The molecule has 1 saturated carbocycles. The zero-order chi connectivity index (χ0) is 5.56. The minimum Gasteiger partial charge on any atom is -0.348 e. The number of hydrogen-bond donors (Lipinski definition) is 1. The molecule has 2 heteroatoms. The van der Waals surface area contributed by atoms with Crippen molar-refractivity contribution >= 4 is 5.91 Å². The van der Waals surface area contributed by atoms with Crippen molar-refractivity contribution in [1.29, 1.82) is 0 Å². The SMILES string of the molecule is O=C1N[C]2CCC1C2. The molecule has 1 radical (unpaired) electrons. The molecule has 43 valence electrons. The fraction of sp³-hybridized carbons (Fsp3) is 0.667. The van der Waals surface area contributed by atoms with E-state index >= 15 is 0 Å². The molecule has 1 amide bonds. The van der Waals surface area contributed by atoms with Crippen LogP contribution < -0.4 is 5.32 Å². The third-order valence-electron chi connectivity index (χ3n) is 1.96. The maximum absolute atomic E-state index is 10.7. The van der Waals surface area contributed by atoms with E-state index in [2.05, 4.69) is 5.32 Å². The Morgan fingerprint density at radius 2 is 2.50 bits per heavy atom. The van der Waals surface area contributed by atoms with Crippen LogP contribution in [0.1, 0.15) is 19.3 Å². The topological polar surface area (TPSA) is 29.1 Å². The Balaban J connectivity index is 2.22. The van der Waals surface area contributed by atoms with Gasteiger partial charge in [0.05, 0.1) is 6.04 Å². The fourth-order valence-corrected chi connectivity index (χ4v) is 1.46. The summed E-state index contributed by atoms with van der Waals surface area (Å²) in [6.45, 7) is 0. The normalized spacial score (nSPS) is 36.0. The molecular weight excluding hydrogens is 102 g/mol. The molecule has 2 bridgehead atoms. The van der Waals surface area contributed by atoms with E-state index < -0.39 is 0 Å². The number of amides is 1. The average molecular weight is 110 g/mol. The second-order valence-electron chi connectivity index (χ2n) is 2.53.